The predicted molar refractivity (Wildman–Crippen MR) is 197 cm³/mol. The molecule has 6 aromatic carbocycles. The van der Waals surface area contributed by atoms with Crippen molar-refractivity contribution in [2.75, 3.05) is 0 Å². The highest BCUT2D eigenvalue weighted by Gasteiger charge is 2.20. The lowest BCUT2D eigenvalue weighted by atomic mass is 9.93. The lowest BCUT2D eigenvalue weighted by Crippen LogP contribution is -2.03. The molecule has 4 heteroatoms. The van der Waals surface area contributed by atoms with E-state index in [1.807, 2.05) is 30.3 Å². The Bertz CT molecular complexity index is 2680. The molecular formula is C44H28N4. The number of hydrogen-bond donors (Lipinski definition) is 0. The fourth-order valence-corrected chi connectivity index (χ4v) is 7.58. The average Bonchev–Trinajstić information content (AvgIpc) is 3.67. The maximum atomic E-state index is 10.6. The largest absolute Gasteiger partial charge is 0.312 e. The van der Waals surface area contributed by atoms with Crippen LogP contribution in [0.5, 0.6) is 0 Å². The van der Waals surface area contributed by atoms with E-state index in [1.54, 1.807) is 0 Å². The van der Waals surface area contributed by atoms with Crippen LogP contribution in [0.1, 0.15) is 29.5 Å². The Labute approximate surface area is 277 Å². The average molecular weight is 613 g/mol. The van der Waals surface area contributed by atoms with Gasteiger partial charge >= 0.3 is 0 Å². The third-order valence-corrected chi connectivity index (χ3v) is 9.70. The van der Waals surface area contributed by atoms with Gasteiger partial charge in [0.25, 0.3) is 0 Å². The minimum absolute atomic E-state index is 0.649. The first-order valence-electron chi connectivity index (χ1n) is 16.2. The van der Waals surface area contributed by atoms with Crippen LogP contribution in [0, 0.1) is 22.7 Å². The van der Waals surface area contributed by atoms with Crippen molar-refractivity contribution in [3.05, 3.63) is 162 Å². The maximum Gasteiger partial charge on any atom is 0.102 e. The summed E-state index contributed by atoms with van der Waals surface area (Å²) in [6.07, 6.45) is 6.35. The van der Waals surface area contributed by atoms with Crippen molar-refractivity contribution in [1.29, 1.82) is 10.5 Å². The van der Waals surface area contributed by atoms with Gasteiger partial charge in [-0.1, -0.05) is 103 Å². The molecule has 1 aliphatic rings. The first kappa shape index (κ1) is 27.7. The van der Waals surface area contributed by atoms with Crippen LogP contribution >= 0.6 is 0 Å². The van der Waals surface area contributed by atoms with E-state index in [0.29, 0.717) is 11.1 Å². The minimum atomic E-state index is 0.649. The first-order valence-corrected chi connectivity index (χ1v) is 16.2. The number of nitriles is 2. The Morgan fingerprint density at radius 2 is 1.12 bits per heavy atom. The van der Waals surface area contributed by atoms with Crippen LogP contribution in [0.3, 0.4) is 0 Å². The van der Waals surface area contributed by atoms with E-state index in [-0.39, 0.29) is 0 Å². The summed E-state index contributed by atoms with van der Waals surface area (Å²) < 4.78 is 4.60. The summed E-state index contributed by atoms with van der Waals surface area (Å²) >= 11 is 0. The molecule has 8 aromatic rings. The van der Waals surface area contributed by atoms with Crippen LogP contribution in [0.15, 0.2) is 146 Å². The Kier molecular flexibility index (Phi) is 6.35. The molecule has 4 nitrogen and oxygen atoms in total. The quantitative estimate of drug-likeness (QED) is 0.199. The van der Waals surface area contributed by atoms with Gasteiger partial charge in [-0.15, -0.1) is 0 Å². The number of aromatic nitrogens is 2. The third kappa shape index (κ3) is 4.14. The standard InChI is InChI=1S/C44H28N4/c45-27-29-20-25-44-37(26-29)36-13-4-8-18-42(36)47(44)39-15-5-1-10-33(39)31-23-21-30(22-24-31)32-14-9-19-43(38(32)28-46)48-40-16-6-2-11-34(40)35-12-3-7-17-41(35)48/h1-4,6-14,16-26H,5,15H2. The number of para-hydroxylation sites is 3. The Balaban J connectivity index is 1.19. The molecule has 224 valence electrons. The van der Waals surface area contributed by atoms with E-state index >= 15 is 0 Å². The molecule has 0 saturated carbocycles. The van der Waals surface area contributed by atoms with Gasteiger partial charge < -0.3 is 9.13 Å². The van der Waals surface area contributed by atoms with Crippen molar-refractivity contribution in [3.63, 3.8) is 0 Å². The van der Waals surface area contributed by atoms with E-state index in [0.717, 1.165) is 68.1 Å². The molecule has 2 heterocycles. The number of rotatable bonds is 4. The Hall–Kier alpha value is -6.62. The SMILES string of the molecule is N#Cc1ccc2c(c1)c1ccccc1n2C1=C(c2ccc(-c3cccc(-n4c5ccccc5c5ccccc54)c3C#N)cc2)C=CCC1. The zero-order valence-electron chi connectivity index (χ0n) is 26.1. The van der Waals surface area contributed by atoms with Gasteiger partial charge in [-0.2, -0.15) is 10.5 Å². The second-order valence-electron chi connectivity index (χ2n) is 12.3. The van der Waals surface area contributed by atoms with E-state index in [1.165, 1.54) is 22.0 Å². The number of allylic oxidation sites excluding steroid dienone is 4. The topological polar surface area (TPSA) is 57.4 Å². The highest BCUT2D eigenvalue weighted by atomic mass is 15.0. The summed E-state index contributed by atoms with van der Waals surface area (Å²) in [5.74, 6) is 0. The van der Waals surface area contributed by atoms with Crippen LogP contribution in [0.4, 0.5) is 0 Å². The molecule has 0 spiro atoms. The molecule has 0 aliphatic heterocycles. The zero-order valence-corrected chi connectivity index (χ0v) is 26.1. The summed E-state index contributed by atoms with van der Waals surface area (Å²) in [4.78, 5) is 0. The predicted octanol–water partition coefficient (Wildman–Crippen LogP) is 11.0. The monoisotopic (exact) mass is 612 g/mol. The highest BCUT2D eigenvalue weighted by molar-refractivity contribution is 6.12. The van der Waals surface area contributed by atoms with Gasteiger partial charge in [0.05, 0.1) is 45.0 Å². The molecule has 0 amide bonds. The molecule has 2 aromatic heterocycles. The highest BCUT2D eigenvalue weighted by Crippen LogP contribution is 2.40. The summed E-state index contributed by atoms with van der Waals surface area (Å²) in [7, 11) is 0. The van der Waals surface area contributed by atoms with E-state index in [9.17, 15) is 10.5 Å². The molecule has 0 saturated heterocycles. The molecule has 48 heavy (non-hydrogen) atoms. The Morgan fingerprint density at radius 3 is 1.79 bits per heavy atom. The van der Waals surface area contributed by atoms with Crippen molar-refractivity contribution in [2.45, 2.75) is 12.8 Å². The van der Waals surface area contributed by atoms with Gasteiger partial charge in [0.2, 0.25) is 0 Å². The number of hydrogen-bond acceptors (Lipinski definition) is 2. The Morgan fingerprint density at radius 1 is 0.521 bits per heavy atom. The van der Waals surface area contributed by atoms with Crippen molar-refractivity contribution < 1.29 is 0 Å². The zero-order chi connectivity index (χ0) is 32.2. The van der Waals surface area contributed by atoms with Crippen LogP contribution in [-0.2, 0) is 0 Å². The lowest BCUT2D eigenvalue weighted by Gasteiger charge is -2.20. The fraction of sp³-hybridized carbons (Fsp3) is 0.0455. The smallest absolute Gasteiger partial charge is 0.102 e. The molecule has 0 fully saturated rings. The van der Waals surface area contributed by atoms with Crippen LogP contribution in [0.2, 0.25) is 0 Å². The molecular weight excluding hydrogens is 585 g/mol. The summed E-state index contributed by atoms with van der Waals surface area (Å²) in [6, 6.07) is 50.9. The van der Waals surface area contributed by atoms with Crippen LogP contribution in [-0.4, -0.2) is 9.13 Å². The molecule has 0 bridgehead atoms. The van der Waals surface area contributed by atoms with E-state index in [4.69, 9.17) is 0 Å². The molecule has 0 N–H and O–H groups in total. The lowest BCUT2D eigenvalue weighted by molar-refractivity contribution is 0.983. The van der Waals surface area contributed by atoms with Crippen molar-refractivity contribution in [3.8, 4) is 29.0 Å². The second-order valence-corrected chi connectivity index (χ2v) is 12.3. The molecule has 0 atom stereocenters. The summed E-state index contributed by atoms with van der Waals surface area (Å²) in [5.41, 5.74) is 12.1. The number of fused-ring (bicyclic) bond motifs is 6. The van der Waals surface area contributed by atoms with Gasteiger partial charge in [-0.25, -0.2) is 0 Å². The van der Waals surface area contributed by atoms with Crippen molar-refractivity contribution in [1.82, 2.24) is 9.13 Å². The van der Waals surface area contributed by atoms with Crippen LogP contribution < -0.4 is 0 Å². The normalized spacial score (nSPS) is 13.0. The van der Waals surface area contributed by atoms with E-state index in [2.05, 4.69) is 137 Å². The van der Waals surface area contributed by atoms with Gasteiger partial charge in [0, 0.05) is 38.4 Å². The first-order chi connectivity index (χ1) is 23.7. The maximum absolute atomic E-state index is 10.6. The van der Waals surface area contributed by atoms with Gasteiger partial charge in [-0.3, -0.25) is 0 Å². The van der Waals surface area contributed by atoms with Crippen molar-refractivity contribution >= 4 is 54.9 Å². The van der Waals surface area contributed by atoms with Gasteiger partial charge in [-0.05, 0) is 66.4 Å². The second kappa shape index (κ2) is 11.0. The molecule has 0 unspecified atom stereocenters. The number of nitrogens with zero attached hydrogens (tertiary/aromatic N) is 4. The summed E-state index contributed by atoms with van der Waals surface area (Å²) in [6.45, 7) is 0. The number of benzene rings is 6. The van der Waals surface area contributed by atoms with Crippen LogP contribution in [0.25, 0.3) is 71.7 Å². The summed E-state index contributed by atoms with van der Waals surface area (Å²) in [5, 5.41) is 24.8. The van der Waals surface area contributed by atoms with E-state index < -0.39 is 0 Å². The van der Waals surface area contributed by atoms with Gasteiger partial charge in [0.1, 0.15) is 6.07 Å². The third-order valence-electron chi connectivity index (χ3n) is 9.70. The molecule has 0 radical (unpaired) electrons. The minimum Gasteiger partial charge on any atom is -0.312 e. The fourth-order valence-electron chi connectivity index (χ4n) is 7.58. The molecule has 9 rings (SSSR count). The van der Waals surface area contributed by atoms with Crippen molar-refractivity contribution in [2.24, 2.45) is 0 Å². The molecule has 1 aliphatic carbocycles. The van der Waals surface area contributed by atoms with Gasteiger partial charge in [0.15, 0.2) is 0 Å².